The van der Waals surface area contributed by atoms with Crippen LogP contribution >= 0.6 is 0 Å². The van der Waals surface area contributed by atoms with Crippen LogP contribution in [0.15, 0.2) is 6.20 Å². The minimum absolute atomic E-state index is 0.0819. The van der Waals surface area contributed by atoms with Gasteiger partial charge in [0.2, 0.25) is 0 Å². The highest BCUT2D eigenvalue weighted by Crippen LogP contribution is 2.34. The van der Waals surface area contributed by atoms with E-state index in [0.29, 0.717) is 18.5 Å². The number of carboxylic acids is 1. The second-order valence-electron chi connectivity index (χ2n) is 6.76. The molecule has 1 aromatic heterocycles. The van der Waals surface area contributed by atoms with Crippen molar-refractivity contribution in [1.29, 1.82) is 0 Å². The Hall–Kier alpha value is -2.42. The Morgan fingerprint density at radius 2 is 2.12 bits per heavy atom. The average molecular weight is 349 g/mol. The van der Waals surface area contributed by atoms with Crippen LogP contribution in [-0.4, -0.2) is 56.7 Å². The van der Waals surface area contributed by atoms with E-state index in [2.05, 4.69) is 25.7 Å². The SMILES string of the molecule is CCC[C@@]1(C2CCN(Cc3cn[nH]c3C(=O)O)CC2)NC(=O)NC1=O. The molecule has 2 aliphatic rings. The van der Waals surface area contributed by atoms with Gasteiger partial charge in [-0.3, -0.25) is 20.1 Å². The van der Waals surface area contributed by atoms with Gasteiger partial charge in [0.1, 0.15) is 11.2 Å². The van der Waals surface area contributed by atoms with E-state index in [4.69, 9.17) is 5.11 Å². The van der Waals surface area contributed by atoms with Crippen LogP contribution in [0.25, 0.3) is 0 Å². The smallest absolute Gasteiger partial charge is 0.354 e. The fraction of sp³-hybridized carbons (Fsp3) is 0.625. The maximum Gasteiger partial charge on any atom is 0.354 e. The van der Waals surface area contributed by atoms with Crippen molar-refractivity contribution in [3.05, 3.63) is 17.5 Å². The van der Waals surface area contributed by atoms with Gasteiger partial charge < -0.3 is 10.4 Å². The molecule has 0 spiro atoms. The first-order valence-corrected chi connectivity index (χ1v) is 8.57. The first-order valence-electron chi connectivity index (χ1n) is 8.57. The van der Waals surface area contributed by atoms with Crippen molar-refractivity contribution in [3.8, 4) is 0 Å². The first kappa shape index (κ1) is 17.4. The van der Waals surface area contributed by atoms with Crippen LogP contribution in [-0.2, 0) is 11.3 Å². The summed E-state index contributed by atoms with van der Waals surface area (Å²) in [4.78, 5) is 37.3. The Bertz CT molecular complexity index is 680. The number of nitrogens with zero attached hydrogens (tertiary/aromatic N) is 2. The van der Waals surface area contributed by atoms with E-state index in [1.165, 1.54) is 0 Å². The van der Waals surface area contributed by atoms with Crippen LogP contribution in [0.1, 0.15) is 48.7 Å². The van der Waals surface area contributed by atoms with Crippen molar-refractivity contribution in [2.24, 2.45) is 5.92 Å². The lowest BCUT2D eigenvalue weighted by Crippen LogP contribution is -2.55. The molecule has 2 aliphatic heterocycles. The Morgan fingerprint density at radius 1 is 1.40 bits per heavy atom. The molecule has 4 N–H and O–H groups in total. The number of likely N-dealkylation sites (tertiary alicyclic amines) is 1. The van der Waals surface area contributed by atoms with Crippen LogP contribution in [0, 0.1) is 5.92 Å². The van der Waals surface area contributed by atoms with Gasteiger partial charge in [0.05, 0.1) is 6.20 Å². The minimum atomic E-state index is -1.02. The number of carbonyl (C=O) groups excluding carboxylic acids is 2. The zero-order valence-electron chi connectivity index (χ0n) is 14.2. The Balaban J connectivity index is 1.65. The van der Waals surface area contributed by atoms with Gasteiger partial charge in [-0.1, -0.05) is 13.3 Å². The summed E-state index contributed by atoms with van der Waals surface area (Å²) in [6.07, 6.45) is 4.52. The first-order chi connectivity index (χ1) is 12.0. The number of aromatic carboxylic acids is 1. The molecule has 3 rings (SSSR count). The fourth-order valence-corrected chi connectivity index (χ4v) is 4.01. The quantitative estimate of drug-likeness (QED) is 0.560. The summed E-state index contributed by atoms with van der Waals surface area (Å²) < 4.78 is 0. The summed E-state index contributed by atoms with van der Waals surface area (Å²) in [6, 6.07) is -0.412. The van der Waals surface area contributed by atoms with Gasteiger partial charge in [-0.2, -0.15) is 5.10 Å². The number of hydrogen-bond acceptors (Lipinski definition) is 5. The van der Waals surface area contributed by atoms with Gasteiger partial charge in [0.25, 0.3) is 5.91 Å². The molecule has 9 nitrogen and oxygen atoms in total. The molecular weight excluding hydrogens is 326 g/mol. The molecule has 3 amide bonds. The van der Waals surface area contributed by atoms with Gasteiger partial charge in [-0.15, -0.1) is 0 Å². The number of imide groups is 1. The normalized spacial score (nSPS) is 25.0. The predicted octanol–water partition coefficient (Wildman–Crippen LogP) is 0.698. The lowest BCUT2D eigenvalue weighted by Gasteiger charge is -2.40. The van der Waals surface area contributed by atoms with E-state index in [1.54, 1.807) is 6.20 Å². The highest BCUT2D eigenvalue weighted by molar-refractivity contribution is 6.07. The monoisotopic (exact) mass is 349 g/mol. The van der Waals surface area contributed by atoms with Gasteiger partial charge in [0.15, 0.2) is 0 Å². The number of piperidine rings is 1. The predicted molar refractivity (Wildman–Crippen MR) is 87.9 cm³/mol. The molecule has 3 heterocycles. The lowest BCUT2D eigenvalue weighted by molar-refractivity contribution is -0.127. The molecule has 1 aromatic rings. The van der Waals surface area contributed by atoms with E-state index < -0.39 is 17.5 Å². The van der Waals surface area contributed by atoms with E-state index in [0.717, 1.165) is 32.4 Å². The molecule has 1 atom stereocenters. The molecule has 2 fully saturated rings. The third kappa shape index (κ3) is 3.23. The number of urea groups is 1. The molecule has 0 unspecified atom stereocenters. The van der Waals surface area contributed by atoms with Crippen molar-refractivity contribution in [2.75, 3.05) is 13.1 Å². The number of aromatic nitrogens is 2. The molecule has 0 bridgehead atoms. The fourth-order valence-electron chi connectivity index (χ4n) is 4.01. The van der Waals surface area contributed by atoms with Gasteiger partial charge in [0, 0.05) is 12.1 Å². The molecule has 25 heavy (non-hydrogen) atoms. The molecule has 136 valence electrons. The number of H-pyrrole nitrogens is 1. The van der Waals surface area contributed by atoms with Gasteiger partial charge in [-0.05, 0) is 38.3 Å². The molecule has 0 aromatic carbocycles. The number of hydrogen-bond donors (Lipinski definition) is 4. The minimum Gasteiger partial charge on any atom is -0.477 e. The van der Waals surface area contributed by atoms with Gasteiger partial charge >= 0.3 is 12.0 Å². The third-order valence-corrected chi connectivity index (χ3v) is 5.22. The summed E-state index contributed by atoms with van der Waals surface area (Å²) in [6.45, 7) is 3.98. The van der Waals surface area contributed by atoms with E-state index in [1.807, 2.05) is 6.92 Å². The molecule has 2 saturated heterocycles. The highest BCUT2D eigenvalue weighted by Gasteiger charge is 2.51. The summed E-state index contributed by atoms with van der Waals surface area (Å²) in [5.74, 6) is -1.16. The lowest BCUT2D eigenvalue weighted by atomic mass is 9.75. The van der Waals surface area contributed by atoms with Crippen molar-refractivity contribution in [2.45, 2.75) is 44.7 Å². The average Bonchev–Trinajstić information content (AvgIpc) is 3.13. The van der Waals surface area contributed by atoms with Crippen molar-refractivity contribution in [3.63, 3.8) is 0 Å². The topological polar surface area (TPSA) is 127 Å². The number of carbonyl (C=O) groups is 3. The molecule has 9 heteroatoms. The van der Waals surface area contributed by atoms with Crippen molar-refractivity contribution < 1.29 is 19.5 Å². The van der Waals surface area contributed by atoms with Crippen molar-refractivity contribution in [1.82, 2.24) is 25.7 Å². The molecule has 0 aliphatic carbocycles. The maximum atomic E-state index is 12.4. The van der Waals surface area contributed by atoms with Crippen LogP contribution in [0.2, 0.25) is 0 Å². The van der Waals surface area contributed by atoms with Crippen LogP contribution < -0.4 is 10.6 Å². The zero-order chi connectivity index (χ0) is 18.0. The second kappa shape index (κ2) is 6.83. The molecular formula is C16H23N5O4. The second-order valence-corrected chi connectivity index (χ2v) is 6.76. The summed E-state index contributed by atoms with van der Waals surface area (Å²) in [5.41, 5.74) is -0.0343. The van der Waals surface area contributed by atoms with Crippen LogP contribution in [0.3, 0.4) is 0 Å². The Kier molecular flexibility index (Phi) is 4.76. The molecule has 0 radical (unpaired) electrons. The van der Waals surface area contributed by atoms with E-state index in [-0.39, 0.29) is 17.5 Å². The van der Waals surface area contributed by atoms with Crippen LogP contribution in [0.4, 0.5) is 4.79 Å². The number of carboxylic acid groups (broad SMARTS) is 1. The van der Waals surface area contributed by atoms with E-state index >= 15 is 0 Å². The summed E-state index contributed by atoms with van der Waals surface area (Å²) in [7, 11) is 0. The highest BCUT2D eigenvalue weighted by atomic mass is 16.4. The summed E-state index contributed by atoms with van der Waals surface area (Å²) >= 11 is 0. The number of amides is 3. The number of rotatable bonds is 6. The van der Waals surface area contributed by atoms with E-state index in [9.17, 15) is 14.4 Å². The van der Waals surface area contributed by atoms with Crippen LogP contribution in [0.5, 0.6) is 0 Å². The number of nitrogens with one attached hydrogen (secondary N) is 3. The number of aromatic amines is 1. The molecule has 0 saturated carbocycles. The zero-order valence-corrected chi connectivity index (χ0v) is 14.2. The Morgan fingerprint density at radius 3 is 2.68 bits per heavy atom. The summed E-state index contributed by atoms with van der Waals surface area (Å²) in [5, 5.41) is 20.7. The maximum absolute atomic E-state index is 12.4. The largest absolute Gasteiger partial charge is 0.477 e. The Labute approximate surface area is 145 Å². The van der Waals surface area contributed by atoms with Gasteiger partial charge in [-0.25, -0.2) is 9.59 Å². The third-order valence-electron chi connectivity index (χ3n) is 5.22. The van der Waals surface area contributed by atoms with Crippen molar-refractivity contribution >= 4 is 17.9 Å². The standard InChI is InChI=1S/C16H23N5O4/c1-2-5-16(14(24)18-15(25)19-16)11-3-6-21(7-4-11)9-10-8-17-20-12(10)13(22)23/h8,11H,2-7,9H2,1H3,(H,17,20)(H,22,23)(H2,18,19,24,25)/t16-/m0/s1.